The van der Waals surface area contributed by atoms with Crippen LogP contribution in [0.4, 0.5) is 0 Å². The summed E-state index contributed by atoms with van der Waals surface area (Å²) in [6.07, 6.45) is 3.03. The molecule has 1 unspecified atom stereocenters. The fourth-order valence-electron chi connectivity index (χ4n) is 3.47. The number of H-pyrrole nitrogens is 1. The molecule has 0 aliphatic carbocycles. The van der Waals surface area contributed by atoms with E-state index in [1.807, 2.05) is 18.2 Å². The number of nitrogens with two attached hydrogens (primary N) is 1. The highest BCUT2D eigenvalue weighted by Gasteiger charge is 2.28. The van der Waals surface area contributed by atoms with Gasteiger partial charge in [-0.25, -0.2) is 0 Å². The molecule has 0 radical (unpaired) electrons. The zero-order valence-electron chi connectivity index (χ0n) is 14.7. The molecule has 3 rings (SSSR count). The molecule has 1 fully saturated rings. The highest BCUT2D eigenvalue weighted by Crippen LogP contribution is 2.22. The van der Waals surface area contributed by atoms with Gasteiger partial charge in [0, 0.05) is 49.1 Å². The van der Waals surface area contributed by atoms with Gasteiger partial charge in [0.2, 0.25) is 11.5 Å². The lowest BCUT2D eigenvalue weighted by molar-refractivity contribution is -0.121. The monoisotopic (exact) mass is 356 g/mol. The molecule has 0 bridgehead atoms. The van der Waals surface area contributed by atoms with Crippen LogP contribution in [0.15, 0.2) is 35.1 Å². The summed E-state index contributed by atoms with van der Waals surface area (Å²) in [4.78, 5) is 41.4. The van der Waals surface area contributed by atoms with Crippen LogP contribution >= 0.6 is 0 Å². The maximum absolute atomic E-state index is 13.2. The van der Waals surface area contributed by atoms with Crippen LogP contribution in [0.5, 0.6) is 0 Å². The van der Waals surface area contributed by atoms with E-state index >= 15 is 0 Å². The van der Waals surface area contributed by atoms with Crippen molar-refractivity contribution in [1.82, 2.24) is 15.2 Å². The highest BCUT2D eigenvalue weighted by atomic mass is 16.2. The molecule has 26 heavy (non-hydrogen) atoms. The van der Waals surface area contributed by atoms with E-state index in [4.69, 9.17) is 5.73 Å². The third-order valence-corrected chi connectivity index (χ3v) is 4.78. The first kappa shape index (κ1) is 18.1. The normalized spacial score (nSPS) is 17.3. The molecule has 2 aromatic rings. The zero-order valence-corrected chi connectivity index (χ0v) is 14.7. The summed E-state index contributed by atoms with van der Waals surface area (Å²) >= 11 is 0. The number of fused-ring (bicyclic) bond motifs is 1. The summed E-state index contributed by atoms with van der Waals surface area (Å²) in [5.74, 6) is -0.267. The number of likely N-dealkylation sites (tertiary alicyclic amines) is 1. The molecule has 7 heteroatoms. The van der Waals surface area contributed by atoms with Crippen molar-refractivity contribution in [3.8, 4) is 0 Å². The van der Waals surface area contributed by atoms with Gasteiger partial charge in [-0.3, -0.25) is 14.4 Å². The SMILES string of the molecule is NCCC(=O)NCC1CCCCN1C(=O)c1cc(=O)[nH]c2ccccc12. The molecule has 1 aromatic heterocycles. The van der Waals surface area contributed by atoms with E-state index in [0.29, 0.717) is 30.7 Å². The molecule has 2 heterocycles. The van der Waals surface area contributed by atoms with E-state index in [1.165, 1.54) is 6.07 Å². The molecular formula is C19H24N4O3. The van der Waals surface area contributed by atoms with E-state index in [1.54, 1.807) is 11.0 Å². The highest BCUT2D eigenvalue weighted by molar-refractivity contribution is 6.06. The first-order chi connectivity index (χ1) is 12.6. The summed E-state index contributed by atoms with van der Waals surface area (Å²) in [6, 6.07) is 8.58. The van der Waals surface area contributed by atoms with Gasteiger partial charge in [-0.05, 0) is 25.3 Å². The second-order valence-corrected chi connectivity index (χ2v) is 6.58. The average Bonchev–Trinajstić information content (AvgIpc) is 2.65. The van der Waals surface area contributed by atoms with Crippen molar-refractivity contribution in [2.24, 2.45) is 5.73 Å². The molecule has 0 spiro atoms. The van der Waals surface area contributed by atoms with E-state index in [9.17, 15) is 14.4 Å². The Labute approximate surface area is 151 Å². The van der Waals surface area contributed by atoms with Crippen molar-refractivity contribution in [3.05, 3.63) is 46.2 Å². The van der Waals surface area contributed by atoms with Crippen LogP contribution in [-0.4, -0.2) is 47.4 Å². The number of aromatic amines is 1. The van der Waals surface area contributed by atoms with Crippen LogP contribution in [0.2, 0.25) is 0 Å². The Bertz CT molecular complexity index is 861. The molecule has 1 aliphatic rings. The second kappa shape index (κ2) is 8.14. The van der Waals surface area contributed by atoms with Gasteiger partial charge < -0.3 is 20.9 Å². The number of para-hydroxylation sites is 1. The van der Waals surface area contributed by atoms with Crippen LogP contribution in [-0.2, 0) is 4.79 Å². The van der Waals surface area contributed by atoms with Crippen LogP contribution < -0.4 is 16.6 Å². The lowest BCUT2D eigenvalue weighted by Gasteiger charge is -2.36. The van der Waals surface area contributed by atoms with Gasteiger partial charge in [0.05, 0.1) is 5.56 Å². The summed E-state index contributed by atoms with van der Waals surface area (Å²) in [6.45, 7) is 1.33. The number of nitrogens with one attached hydrogen (secondary N) is 2. The van der Waals surface area contributed by atoms with E-state index in [2.05, 4.69) is 10.3 Å². The lowest BCUT2D eigenvalue weighted by atomic mass is 9.99. The average molecular weight is 356 g/mol. The van der Waals surface area contributed by atoms with Crippen molar-refractivity contribution in [2.75, 3.05) is 19.6 Å². The molecule has 7 nitrogen and oxygen atoms in total. The number of hydrogen-bond donors (Lipinski definition) is 3. The van der Waals surface area contributed by atoms with E-state index in [0.717, 1.165) is 24.6 Å². The number of amides is 2. The Morgan fingerprint density at radius 2 is 2.08 bits per heavy atom. The summed E-state index contributed by atoms with van der Waals surface area (Å²) in [5, 5.41) is 3.59. The van der Waals surface area contributed by atoms with E-state index < -0.39 is 0 Å². The third kappa shape index (κ3) is 3.94. The minimum absolute atomic E-state index is 0.0731. The number of benzene rings is 1. The van der Waals surface area contributed by atoms with Crippen molar-refractivity contribution < 1.29 is 9.59 Å². The fraction of sp³-hybridized carbons (Fsp3) is 0.421. The van der Waals surface area contributed by atoms with Crippen molar-refractivity contribution in [2.45, 2.75) is 31.7 Å². The van der Waals surface area contributed by atoms with Gasteiger partial charge in [-0.15, -0.1) is 0 Å². The molecule has 1 aromatic carbocycles. The third-order valence-electron chi connectivity index (χ3n) is 4.78. The minimum atomic E-state index is -0.295. The Hall–Kier alpha value is -2.67. The van der Waals surface area contributed by atoms with Crippen molar-refractivity contribution in [1.29, 1.82) is 0 Å². The quantitative estimate of drug-likeness (QED) is 0.742. The molecule has 1 saturated heterocycles. The Balaban J connectivity index is 1.85. The summed E-state index contributed by atoms with van der Waals surface area (Å²) in [5.41, 5.74) is 6.16. The molecule has 4 N–H and O–H groups in total. The van der Waals surface area contributed by atoms with Crippen molar-refractivity contribution >= 4 is 22.7 Å². The molecular weight excluding hydrogens is 332 g/mol. The van der Waals surface area contributed by atoms with Gasteiger partial charge in [-0.1, -0.05) is 18.2 Å². The molecule has 1 aliphatic heterocycles. The molecule has 138 valence electrons. The number of piperidine rings is 1. The predicted molar refractivity (Wildman–Crippen MR) is 99.9 cm³/mol. The molecule has 2 amide bonds. The molecule has 1 atom stereocenters. The Morgan fingerprint density at radius 1 is 1.27 bits per heavy atom. The van der Waals surface area contributed by atoms with Gasteiger partial charge in [0.1, 0.15) is 0 Å². The van der Waals surface area contributed by atoms with E-state index in [-0.39, 0.29) is 29.8 Å². The number of pyridine rings is 1. The number of carbonyl (C=O) groups excluding carboxylic acids is 2. The molecule has 0 saturated carbocycles. The first-order valence-electron chi connectivity index (χ1n) is 9.00. The predicted octanol–water partition coefficient (Wildman–Crippen LogP) is 0.988. The number of nitrogens with zero attached hydrogens (tertiary/aromatic N) is 1. The first-order valence-corrected chi connectivity index (χ1v) is 9.00. The summed E-state index contributed by atoms with van der Waals surface area (Å²) in [7, 11) is 0. The van der Waals surface area contributed by atoms with Crippen LogP contribution in [0.1, 0.15) is 36.0 Å². The van der Waals surface area contributed by atoms with Crippen molar-refractivity contribution in [3.63, 3.8) is 0 Å². The van der Waals surface area contributed by atoms with Gasteiger partial charge in [0.15, 0.2) is 0 Å². The van der Waals surface area contributed by atoms with Crippen LogP contribution in [0.3, 0.4) is 0 Å². The Kier molecular flexibility index (Phi) is 5.68. The van der Waals surface area contributed by atoms with Crippen LogP contribution in [0.25, 0.3) is 10.9 Å². The number of rotatable bonds is 5. The fourth-order valence-corrected chi connectivity index (χ4v) is 3.47. The maximum Gasteiger partial charge on any atom is 0.255 e. The van der Waals surface area contributed by atoms with Gasteiger partial charge >= 0.3 is 0 Å². The van der Waals surface area contributed by atoms with Gasteiger partial charge in [-0.2, -0.15) is 0 Å². The van der Waals surface area contributed by atoms with Gasteiger partial charge in [0.25, 0.3) is 5.91 Å². The number of hydrogen-bond acceptors (Lipinski definition) is 4. The largest absolute Gasteiger partial charge is 0.354 e. The second-order valence-electron chi connectivity index (χ2n) is 6.58. The smallest absolute Gasteiger partial charge is 0.255 e. The zero-order chi connectivity index (χ0) is 18.5. The van der Waals surface area contributed by atoms with Crippen LogP contribution in [0, 0.1) is 0 Å². The minimum Gasteiger partial charge on any atom is -0.354 e. The standard InChI is InChI=1S/C19H24N4O3/c20-9-8-17(24)21-12-13-5-3-4-10-23(13)19(26)15-11-18(25)22-16-7-2-1-6-14(15)16/h1-2,6-7,11,13H,3-5,8-10,12,20H2,(H,21,24)(H,22,25). The maximum atomic E-state index is 13.2. The number of aromatic nitrogens is 1. The summed E-state index contributed by atoms with van der Waals surface area (Å²) < 4.78 is 0. The number of carbonyl (C=O) groups is 2. The Morgan fingerprint density at radius 3 is 2.88 bits per heavy atom. The lowest BCUT2D eigenvalue weighted by Crippen LogP contribution is -2.49. The topological polar surface area (TPSA) is 108 Å².